The fourth-order valence-electron chi connectivity index (χ4n) is 4.40. The second-order valence-electron chi connectivity index (χ2n) is 10.3. The van der Waals surface area contributed by atoms with E-state index in [1.807, 2.05) is 67.0 Å². The molecule has 0 aliphatic carbocycles. The number of rotatable bonds is 11. The standard InChI is InChI=1S/C31H35ClN4O5/c1-18(2)41-28-12-11-23(15-26(28)32)31(40)34-24(16-33-30(39)20(4)38)14-21-7-9-22(10-8-21)27-17-36-13-5-6-25(19(3)37)29(36)35-27/h5-13,15,17-20,24,37-38H,14,16H2,1-4H3,(H,33,39)(H,34,40). The Morgan fingerprint density at radius 2 is 1.78 bits per heavy atom. The summed E-state index contributed by atoms with van der Waals surface area (Å²) >= 11 is 6.33. The van der Waals surface area contributed by atoms with Crippen molar-refractivity contribution in [2.24, 2.45) is 0 Å². The van der Waals surface area contributed by atoms with E-state index in [-0.39, 0.29) is 18.6 Å². The molecule has 0 saturated heterocycles. The number of nitrogens with zero attached hydrogens (tertiary/aromatic N) is 2. The average Bonchev–Trinajstić information content (AvgIpc) is 3.37. The molecule has 3 unspecified atom stereocenters. The molecule has 0 spiro atoms. The molecule has 4 aromatic rings. The minimum absolute atomic E-state index is 0.0603. The van der Waals surface area contributed by atoms with Gasteiger partial charge in [-0.3, -0.25) is 9.59 Å². The van der Waals surface area contributed by atoms with Gasteiger partial charge in [0.15, 0.2) is 0 Å². The van der Waals surface area contributed by atoms with Crippen molar-refractivity contribution in [3.63, 3.8) is 0 Å². The number of ether oxygens (including phenoxy) is 1. The van der Waals surface area contributed by atoms with Gasteiger partial charge in [-0.1, -0.05) is 41.9 Å². The summed E-state index contributed by atoms with van der Waals surface area (Å²) in [5, 5.41) is 25.7. The van der Waals surface area contributed by atoms with Crippen LogP contribution in [0.4, 0.5) is 0 Å². The highest BCUT2D eigenvalue weighted by Gasteiger charge is 2.19. The van der Waals surface area contributed by atoms with Crippen LogP contribution < -0.4 is 15.4 Å². The van der Waals surface area contributed by atoms with Gasteiger partial charge >= 0.3 is 0 Å². The number of aliphatic hydroxyl groups is 2. The van der Waals surface area contributed by atoms with Gasteiger partial charge in [0, 0.05) is 35.6 Å². The lowest BCUT2D eigenvalue weighted by molar-refractivity contribution is -0.128. The first-order valence-electron chi connectivity index (χ1n) is 13.5. The van der Waals surface area contributed by atoms with Crippen LogP contribution in [-0.4, -0.2) is 56.2 Å². The van der Waals surface area contributed by atoms with Crippen molar-refractivity contribution < 1.29 is 24.5 Å². The molecule has 216 valence electrons. The first kappa shape index (κ1) is 30.0. The first-order valence-corrected chi connectivity index (χ1v) is 13.9. The molecule has 0 fully saturated rings. The summed E-state index contributed by atoms with van der Waals surface area (Å²) in [5.74, 6) is -0.387. The summed E-state index contributed by atoms with van der Waals surface area (Å²) < 4.78 is 7.53. The molecule has 9 nitrogen and oxygen atoms in total. The SMILES string of the molecule is CC(C)Oc1ccc(C(=O)NC(CNC(=O)C(C)O)Cc2ccc(-c3cn4cccc(C(C)O)c4n3)cc2)cc1Cl. The zero-order chi connectivity index (χ0) is 29.7. The van der Waals surface area contributed by atoms with Crippen molar-refractivity contribution in [2.75, 3.05) is 6.54 Å². The second-order valence-corrected chi connectivity index (χ2v) is 10.7. The van der Waals surface area contributed by atoms with Gasteiger partial charge in [0.1, 0.15) is 17.5 Å². The summed E-state index contributed by atoms with van der Waals surface area (Å²) in [7, 11) is 0. The van der Waals surface area contributed by atoms with Gasteiger partial charge in [-0.25, -0.2) is 4.98 Å². The van der Waals surface area contributed by atoms with Crippen LogP contribution in [0.15, 0.2) is 67.0 Å². The molecular formula is C31H35ClN4O5. The Morgan fingerprint density at radius 3 is 2.41 bits per heavy atom. The van der Waals surface area contributed by atoms with Crippen LogP contribution in [0.1, 0.15) is 55.3 Å². The van der Waals surface area contributed by atoms with Crippen LogP contribution in [-0.2, 0) is 11.2 Å². The van der Waals surface area contributed by atoms with E-state index in [9.17, 15) is 19.8 Å². The normalized spacial score (nSPS) is 13.6. The van der Waals surface area contributed by atoms with Crippen molar-refractivity contribution in [1.82, 2.24) is 20.0 Å². The molecule has 2 aromatic carbocycles. The number of halogens is 1. The molecule has 4 rings (SSSR count). The van der Waals surface area contributed by atoms with E-state index in [1.165, 1.54) is 6.92 Å². The predicted molar refractivity (Wildman–Crippen MR) is 158 cm³/mol. The van der Waals surface area contributed by atoms with Crippen LogP contribution in [0.25, 0.3) is 16.9 Å². The van der Waals surface area contributed by atoms with Crippen LogP contribution in [0.2, 0.25) is 5.02 Å². The number of carbonyl (C=O) groups excluding carboxylic acids is 2. The van der Waals surface area contributed by atoms with Gasteiger partial charge in [-0.2, -0.15) is 0 Å². The van der Waals surface area contributed by atoms with Crippen LogP contribution in [0.5, 0.6) is 5.75 Å². The van der Waals surface area contributed by atoms with Crippen LogP contribution in [0, 0.1) is 0 Å². The molecule has 0 aliphatic rings. The molecule has 41 heavy (non-hydrogen) atoms. The highest BCUT2D eigenvalue weighted by molar-refractivity contribution is 6.32. The van der Waals surface area contributed by atoms with Gasteiger partial charge in [0.25, 0.3) is 5.91 Å². The smallest absolute Gasteiger partial charge is 0.251 e. The fraction of sp³-hybridized carbons (Fsp3) is 0.323. The third kappa shape index (κ3) is 7.64. The zero-order valence-corrected chi connectivity index (χ0v) is 24.2. The third-order valence-electron chi connectivity index (χ3n) is 6.49. The van der Waals surface area contributed by atoms with Crippen molar-refractivity contribution >= 4 is 29.1 Å². The Hall–Kier alpha value is -3.92. The predicted octanol–water partition coefficient (Wildman–Crippen LogP) is 4.33. The van der Waals surface area contributed by atoms with Crippen LogP contribution >= 0.6 is 11.6 Å². The maximum Gasteiger partial charge on any atom is 0.251 e. The number of imidazole rings is 1. The van der Waals surface area contributed by atoms with Crippen molar-refractivity contribution in [3.05, 3.63) is 88.7 Å². The number of hydrogen-bond donors (Lipinski definition) is 4. The van der Waals surface area contributed by atoms with Gasteiger partial charge in [0.2, 0.25) is 5.91 Å². The highest BCUT2D eigenvalue weighted by Crippen LogP contribution is 2.27. The van der Waals surface area contributed by atoms with E-state index in [4.69, 9.17) is 21.3 Å². The first-order chi connectivity index (χ1) is 19.5. The van der Waals surface area contributed by atoms with E-state index in [0.717, 1.165) is 22.4 Å². The topological polar surface area (TPSA) is 125 Å². The number of nitrogens with one attached hydrogen (secondary N) is 2. The molecule has 2 heterocycles. The lowest BCUT2D eigenvalue weighted by Crippen LogP contribution is -2.46. The molecule has 3 atom stereocenters. The maximum atomic E-state index is 13.1. The second kappa shape index (κ2) is 13.2. The number of aliphatic hydroxyl groups excluding tert-OH is 2. The van der Waals surface area contributed by atoms with Crippen molar-refractivity contribution in [2.45, 2.75) is 58.5 Å². The quantitative estimate of drug-likeness (QED) is 0.210. The number of hydrogen-bond acceptors (Lipinski definition) is 6. The van der Waals surface area contributed by atoms with E-state index >= 15 is 0 Å². The Kier molecular flexibility index (Phi) is 9.65. The largest absolute Gasteiger partial charge is 0.489 e. The molecule has 0 saturated carbocycles. The van der Waals surface area contributed by atoms with E-state index in [1.54, 1.807) is 25.1 Å². The summed E-state index contributed by atoms with van der Waals surface area (Å²) in [6, 6.07) is 15.9. The van der Waals surface area contributed by atoms with Gasteiger partial charge in [0.05, 0.1) is 29.0 Å². The molecule has 0 bridgehead atoms. The minimum atomic E-state index is -1.17. The number of aromatic nitrogens is 2. The summed E-state index contributed by atoms with van der Waals surface area (Å²) in [5.41, 5.74) is 4.39. The Morgan fingerprint density at radius 1 is 1.05 bits per heavy atom. The number of amides is 2. The molecule has 0 aliphatic heterocycles. The highest BCUT2D eigenvalue weighted by atomic mass is 35.5. The lowest BCUT2D eigenvalue weighted by atomic mass is 10.0. The minimum Gasteiger partial charge on any atom is -0.489 e. The number of pyridine rings is 1. The lowest BCUT2D eigenvalue weighted by Gasteiger charge is -2.21. The molecule has 0 radical (unpaired) electrons. The fourth-order valence-corrected chi connectivity index (χ4v) is 4.63. The summed E-state index contributed by atoms with van der Waals surface area (Å²) in [4.78, 5) is 29.9. The molecule has 4 N–H and O–H groups in total. The van der Waals surface area contributed by atoms with Crippen molar-refractivity contribution in [3.8, 4) is 17.0 Å². The number of benzene rings is 2. The Labute approximate surface area is 244 Å². The molecular weight excluding hydrogens is 544 g/mol. The van der Waals surface area contributed by atoms with E-state index in [0.29, 0.717) is 28.4 Å². The monoisotopic (exact) mass is 578 g/mol. The van der Waals surface area contributed by atoms with E-state index < -0.39 is 24.2 Å². The number of fused-ring (bicyclic) bond motifs is 1. The Bertz CT molecular complexity index is 1510. The summed E-state index contributed by atoms with van der Waals surface area (Å²) in [6.45, 7) is 6.99. The molecule has 2 aromatic heterocycles. The third-order valence-corrected chi connectivity index (χ3v) is 6.78. The average molecular weight is 579 g/mol. The van der Waals surface area contributed by atoms with Crippen molar-refractivity contribution in [1.29, 1.82) is 0 Å². The molecule has 2 amide bonds. The number of carbonyl (C=O) groups is 2. The van der Waals surface area contributed by atoms with Gasteiger partial charge in [-0.05, 0) is 63.9 Å². The molecule has 10 heteroatoms. The summed E-state index contributed by atoms with van der Waals surface area (Å²) in [6.07, 6.45) is 2.35. The Balaban J connectivity index is 1.51. The zero-order valence-electron chi connectivity index (χ0n) is 23.5. The van der Waals surface area contributed by atoms with Gasteiger partial charge < -0.3 is 30.0 Å². The van der Waals surface area contributed by atoms with Gasteiger partial charge in [-0.15, -0.1) is 0 Å². The maximum absolute atomic E-state index is 13.1. The van der Waals surface area contributed by atoms with Crippen LogP contribution in [0.3, 0.4) is 0 Å². The van der Waals surface area contributed by atoms with E-state index in [2.05, 4.69) is 10.6 Å².